The first kappa shape index (κ1) is 14.2. The van der Waals surface area contributed by atoms with Crippen molar-refractivity contribution in [2.45, 2.75) is 6.61 Å². The molecule has 0 heterocycles. The van der Waals surface area contributed by atoms with Gasteiger partial charge in [0.05, 0.1) is 0 Å². The molecule has 0 atom stereocenters. The molecule has 0 aliphatic rings. The Bertz CT molecular complexity index is 596. The number of phenols is 1. The van der Waals surface area contributed by atoms with Gasteiger partial charge >= 0.3 is 6.98 Å². The lowest BCUT2D eigenvalue weighted by Crippen LogP contribution is -2.34. The molecule has 0 radical (unpaired) electrons. The van der Waals surface area contributed by atoms with Crippen LogP contribution >= 0.6 is 0 Å². The zero-order valence-corrected chi connectivity index (χ0v) is 10.2. The maximum Gasteiger partial charge on any atom is 0.509 e. The van der Waals surface area contributed by atoms with Crippen molar-refractivity contribution < 1.29 is 27.2 Å². The van der Waals surface area contributed by atoms with E-state index in [1.807, 2.05) is 0 Å². The SMILES string of the molecule is Oc1ccc(COc2cc([B-](F)(F)F)ccc2F)cc1. The molecule has 0 spiro atoms. The molecule has 0 saturated heterocycles. The number of hydrogen-bond donors (Lipinski definition) is 1. The van der Waals surface area contributed by atoms with Crippen molar-refractivity contribution in [2.24, 2.45) is 0 Å². The van der Waals surface area contributed by atoms with Gasteiger partial charge < -0.3 is 22.8 Å². The lowest BCUT2D eigenvalue weighted by molar-refractivity contribution is 0.290. The second-order valence-corrected chi connectivity index (χ2v) is 4.22. The Kier molecular flexibility index (Phi) is 3.87. The first-order valence-corrected chi connectivity index (χ1v) is 5.76. The van der Waals surface area contributed by atoms with Crippen LogP contribution in [0.15, 0.2) is 42.5 Å². The fraction of sp³-hybridized carbons (Fsp3) is 0.0769. The molecular formula is C13H10BF4O2-. The minimum atomic E-state index is -5.20. The number of benzene rings is 2. The van der Waals surface area contributed by atoms with Crippen LogP contribution in [0.4, 0.5) is 17.3 Å². The topological polar surface area (TPSA) is 29.5 Å². The van der Waals surface area contributed by atoms with E-state index in [9.17, 15) is 17.3 Å². The summed E-state index contributed by atoms with van der Waals surface area (Å²) < 4.78 is 56.1. The van der Waals surface area contributed by atoms with E-state index in [0.29, 0.717) is 17.7 Å². The van der Waals surface area contributed by atoms with Gasteiger partial charge in [0, 0.05) is 0 Å². The van der Waals surface area contributed by atoms with Crippen molar-refractivity contribution in [3.05, 3.63) is 53.8 Å². The summed E-state index contributed by atoms with van der Waals surface area (Å²) in [6, 6.07) is 7.94. The molecule has 2 aromatic carbocycles. The van der Waals surface area contributed by atoms with Gasteiger partial charge in [0.25, 0.3) is 0 Å². The molecule has 106 valence electrons. The zero-order valence-electron chi connectivity index (χ0n) is 10.2. The van der Waals surface area contributed by atoms with Crippen LogP contribution in [0.1, 0.15) is 5.56 Å². The summed E-state index contributed by atoms with van der Waals surface area (Å²) in [7, 11) is 0. The molecule has 0 bridgehead atoms. The fourth-order valence-corrected chi connectivity index (χ4v) is 1.59. The number of halogens is 4. The summed E-state index contributed by atoms with van der Waals surface area (Å²) in [5.41, 5.74) is -0.308. The van der Waals surface area contributed by atoms with Crippen LogP contribution in [-0.4, -0.2) is 12.1 Å². The second-order valence-electron chi connectivity index (χ2n) is 4.22. The summed E-state index contributed by atoms with van der Waals surface area (Å²) in [6.07, 6.45) is 0. The van der Waals surface area contributed by atoms with E-state index in [2.05, 4.69) is 0 Å². The average molecular weight is 285 g/mol. The summed E-state index contributed by atoms with van der Waals surface area (Å²) >= 11 is 0. The van der Waals surface area contributed by atoms with Crippen LogP contribution in [0.3, 0.4) is 0 Å². The van der Waals surface area contributed by atoms with Crippen molar-refractivity contribution >= 4 is 12.4 Å². The normalized spacial score (nSPS) is 11.4. The molecule has 0 amide bonds. The van der Waals surface area contributed by atoms with E-state index in [-0.39, 0.29) is 12.4 Å². The number of phenolic OH excluding ortho intramolecular Hbond substituents is 1. The lowest BCUT2D eigenvalue weighted by Gasteiger charge is -2.16. The standard InChI is InChI=1S/C13H10BF4O2/c15-12-6-3-10(14(16,17)18)7-13(12)20-8-9-1-4-11(19)5-2-9/h1-7,19H,8H2/q-1. The highest BCUT2D eigenvalue weighted by atomic mass is 19.4. The Hall–Kier alpha value is -2.18. The number of hydrogen-bond acceptors (Lipinski definition) is 2. The van der Waals surface area contributed by atoms with Crippen molar-refractivity contribution in [2.75, 3.05) is 0 Å². The predicted molar refractivity (Wildman–Crippen MR) is 67.6 cm³/mol. The van der Waals surface area contributed by atoms with E-state index in [1.54, 1.807) is 0 Å². The quantitative estimate of drug-likeness (QED) is 0.690. The van der Waals surface area contributed by atoms with E-state index >= 15 is 0 Å². The lowest BCUT2D eigenvalue weighted by atomic mass is 9.80. The van der Waals surface area contributed by atoms with Crippen LogP contribution in [0.2, 0.25) is 0 Å². The van der Waals surface area contributed by atoms with Crippen LogP contribution < -0.4 is 10.2 Å². The third-order valence-electron chi connectivity index (χ3n) is 2.66. The second kappa shape index (κ2) is 5.44. The minimum Gasteiger partial charge on any atom is -0.508 e. The van der Waals surface area contributed by atoms with Crippen LogP contribution in [0, 0.1) is 5.82 Å². The average Bonchev–Trinajstić information content (AvgIpc) is 2.38. The Morgan fingerprint density at radius 2 is 1.65 bits per heavy atom. The number of rotatable bonds is 4. The van der Waals surface area contributed by atoms with Gasteiger partial charge in [-0.05, 0) is 29.8 Å². The van der Waals surface area contributed by atoms with Crippen molar-refractivity contribution in [3.8, 4) is 11.5 Å². The van der Waals surface area contributed by atoms with E-state index in [4.69, 9.17) is 9.84 Å². The Morgan fingerprint density at radius 1 is 1.00 bits per heavy atom. The Labute approximate surface area is 112 Å². The molecule has 1 N–H and O–H groups in total. The molecule has 2 nitrogen and oxygen atoms in total. The number of aromatic hydroxyl groups is 1. The summed E-state index contributed by atoms with van der Waals surface area (Å²) in [5, 5.41) is 9.09. The van der Waals surface area contributed by atoms with E-state index < -0.39 is 24.0 Å². The highest BCUT2D eigenvalue weighted by Crippen LogP contribution is 2.20. The molecule has 0 saturated carbocycles. The van der Waals surface area contributed by atoms with Gasteiger partial charge in [0.2, 0.25) is 0 Å². The van der Waals surface area contributed by atoms with Gasteiger partial charge in [0.1, 0.15) is 12.4 Å². The van der Waals surface area contributed by atoms with Crippen LogP contribution in [0.25, 0.3) is 0 Å². The van der Waals surface area contributed by atoms with Gasteiger partial charge in [-0.25, -0.2) is 4.39 Å². The van der Waals surface area contributed by atoms with E-state index in [1.165, 1.54) is 24.3 Å². The summed E-state index contributed by atoms with van der Waals surface area (Å²) in [4.78, 5) is 0. The molecule has 0 unspecified atom stereocenters. The minimum absolute atomic E-state index is 0.0571. The Morgan fingerprint density at radius 3 is 2.25 bits per heavy atom. The van der Waals surface area contributed by atoms with Crippen molar-refractivity contribution in [1.29, 1.82) is 0 Å². The highest BCUT2D eigenvalue weighted by molar-refractivity contribution is 6.73. The molecule has 2 aromatic rings. The maximum atomic E-state index is 13.4. The molecule has 20 heavy (non-hydrogen) atoms. The summed E-state index contributed by atoms with van der Waals surface area (Å²) in [6.45, 7) is -5.29. The maximum absolute atomic E-state index is 13.4. The molecule has 0 aliphatic carbocycles. The first-order valence-electron chi connectivity index (χ1n) is 5.76. The molecular weight excluding hydrogens is 275 g/mol. The van der Waals surface area contributed by atoms with E-state index in [0.717, 1.165) is 6.07 Å². The third-order valence-corrected chi connectivity index (χ3v) is 2.66. The van der Waals surface area contributed by atoms with Crippen molar-refractivity contribution in [1.82, 2.24) is 0 Å². The largest absolute Gasteiger partial charge is 0.509 e. The van der Waals surface area contributed by atoms with Gasteiger partial charge in [-0.2, -0.15) is 0 Å². The Balaban J connectivity index is 2.14. The molecule has 0 aromatic heterocycles. The highest BCUT2D eigenvalue weighted by Gasteiger charge is 2.26. The van der Waals surface area contributed by atoms with Crippen LogP contribution in [0.5, 0.6) is 11.5 Å². The third kappa shape index (κ3) is 3.43. The first-order chi connectivity index (χ1) is 9.36. The zero-order chi connectivity index (χ0) is 14.8. The van der Waals surface area contributed by atoms with Crippen LogP contribution in [-0.2, 0) is 6.61 Å². The molecule has 0 fully saturated rings. The number of ether oxygens (including phenoxy) is 1. The summed E-state index contributed by atoms with van der Waals surface area (Å²) in [5.74, 6) is -1.25. The molecule has 7 heteroatoms. The predicted octanol–water partition coefficient (Wildman–Crippen LogP) is 3.16. The smallest absolute Gasteiger partial charge is 0.508 e. The van der Waals surface area contributed by atoms with Gasteiger partial charge in [-0.15, -0.1) is 5.46 Å². The van der Waals surface area contributed by atoms with Gasteiger partial charge in [-0.3, -0.25) is 0 Å². The van der Waals surface area contributed by atoms with Gasteiger partial charge in [-0.1, -0.05) is 18.2 Å². The van der Waals surface area contributed by atoms with Gasteiger partial charge in [0.15, 0.2) is 11.6 Å². The molecule has 0 aliphatic heterocycles. The monoisotopic (exact) mass is 285 g/mol. The fourth-order valence-electron chi connectivity index (χ4n) is 1.59. The van der Waals surface area contributed by atoms with Crippen molar-refractivity contribution in [3.63, 3.8) is 0 Å². The molecule has 2 rings (SSSR count).